The molecule has 3 N–H and O–H groups in total. The topological polar surface area (TPSA) is 83.2 Å². The van der Waals surface area contributed by atoms with Gasteiger partial charge in [0.2, 0.25) is 0 Å². The van der Waals surface area contributed by atoms with Gasteiger partial charge in [-0.1, -0.05) is 30.4 Å². The maximum absolute atomic E-state index is 13.1. The Hall–Kier alpha value is -3.71. The van der Waals surface area contributed by atoms with E-state index in [9.17, 15) is 8.42 Å². The second-order valence-corrected chi connectivity index (χ2v) is 10.5. The molecule has 0 fully saturated rings. The Labute approximate surface area is 198 Å². The van der Waals surface area contributed by atoms with Crippen molar-refractivity contribution in [3.05, 3.63) is 96.2 Å². The predicted octanol–water partition coefficient (Wildman–Crippen LogP) is 5.80. The smallest absolute Gasteiger partial charge is 0.261 e. The summed E-state index contributed by atoms with van der Waals surface area (Å²) >= 11 is 0. The molecule has 0 bridgehead atoms. The van der Waals surface area contributed by atoms with Crippen LogP contribution in [0.3, 0.4) is 0 Å². The van der Waals surface area contributed by atoms with E-state index in [0.29, 0.717) is 17.4 Å². The van der Waals surface area contributed by atoms with E-state index in [1.165, 1.54) is 10.9 Å². The third-order valence-corrected chi connectivity index (χ3v) is 8.32. The van der Waals surface area contributed by atoms with Gasteiger partial charge in [-0.25, -0.2) is 8.42 Å². The zero-order chi connectivity index (χ0) is 23.3. The first-order valence-corrected chi connectivity index (χ1v) is 12.8. The van der Waals surface area contributed by atoms with E-state index >= 15 is 0 Å². The number of aromatic amines is 1. The number of methoxy groups -OCH3 is 1. The molecule has 2 heterocycles. The van der Waals surface area contributed by atoms with Crippen molar-refractivity contribution in [2.45, 2.75) is 23.3 Å². The van der Waals surface area contributed by atoms with Crippen LogP contribution < -0.4 is 14.8 Å². The van der Waals surface area contributed by atoms with Crippen LogP contribution in [0, 0.1) is 5.92 Å². The molecule has 6 rings (SSSR count). The standard InChI is InChI=1S/C27H25N3O3S/c1-33-18-11-9-17(10-12-18)30-34(31,32)19-13-14-26-23(15-19)20-6-4-7-22(20)27(29-26)24-16-28-25-8-3-2-5-21(24)25/h2-6,8-16,20,22,27-30H,7H2,1H3. The van der Waals surface area contributed by atoms with Crippen molar-refractivity contribution in [1.29, 1.82) is 0 Å². The Kier molecular flexibility index (Phi) is 4.88. The van der Waals surface area contributed by atoms with Gasteiger partial charge in [0.25, 0.3) is 10.0 Å². The normalized spacial score (nSPS) is 21.0. The fourth-order valence-electron chi connectivity index (χ4n) is 5.27. The van der Waals surface area contributed by atoms with Crippen molar-refractivity contribution in [3.63, 3.8) is 0 Å². The lowest BCUT2D eigenvalue weighted by molar-refractivity contribution is 0.415. The van der Waals surface area contributed by atoms with Gasteiger partial charge in [-0.15, -0.1) is 0 Å². The van der Waals surface area contributed by atoms with Crippen LogP contribution in [0.15, 0.2) is 90.0 Å². The number of sulfonamides is 1. The van der Waals surface area contributed by atoms with Gasteiger partial charge in [0, 0.05) is 34.4 Å². The van der Waals surface area contributed by atoms with Crippen LogP contribution >= 0.6 is 0 Å². The largest absolute Gasteiger partial charge is 0.497 e. The number of nitrogens with one attached hydrogen (secondary N) is 3. The third kappa shape index (κ3) is 3.44. The van der Waals surface area contributed by atoms with E-state index in [0.717, 1.165) is 23.2 Å². The Morgan fingerprint density at radius 2 is 1.82 bits per heavy atom. The molecule has 3 aromatic carbocycles. The van der Waals surface area contributed by atoms with Gasteiger partial charge >= 0.3 is 0 Å². The summed E-state index contributed by atoms with van der Waals surface area (Å²) in [7, 11) is -2.15. The molecule has 0 radical (unpaired) electrons. The average molecular weight is 472 g/mol. The fourth-order valence-corrected chi connectivity index (χ4v) is 6.37. The highest BCUT2D eigenvalue weighted by molar-refractivity contribution is 7.92. The monoisotopic (exact) mass is 471 g/mol. The van der Waals surface area contributed by atoms with Crippen molar-refractivity contribution in [3.8, 4) is 5.75 Å². The summed E-state index contributed by atoms with van der Waals surface area (Å²) in [6, 6.07) is 20.7. The molecule has 0 saturated carbocycles. The Morgan fingerprint density at radius 3 is 2.65 bits per heavy atom. The van der Waals surface area contributed by atoms with Crippen molar-refractivity contribution in [2.24, 2.45) is 5.92 Å². The van der Waals surface area contributed by atoms with Crippen LogP contribution in [0.2, 0.25) is 0 Å². The van der Waals surface area contributed by atoms with Crippen LogP contribution in [0.5, 0.6) is 5.75 Å². The van der Waals surface area contributed by atoms with Gasteiger partial charge < -0.3 is 15.0 Å². The fraction of sp³-hybridized carbons (Fsp3) is 0.185. The molecule has 1 aliphatic carbocycles. The molecule has 0 spiro atoms. The van der Waals surface area contributed by atoms with Crippen LogP contribution in [0.4, 0.5) is 11.4 Å². The SMILES string of the molecule is COc1ccc(NS(=O)(=O)c2ccc3c(c2)C2C=CCC2C(c2c[nH]c4ccccc24)N3)cc1. The third-order valence-electron chi connectivity index (χ3n) is 6.94. The van der Waals surface area contributed by atoms with Gasteiger partial charge in [-0.3, -0.25) is 4.72 Å². The first-order valence-electron chi connectivity index (χ1n) is 11.3. The summed E-state index contributed by atoms with van der Waals surface area (Å²) in [6.07, 6.45) is 7.48. The van der Waals surface area contributed by atoms with E-state index < -0.39 is 10.0 Å². The molecule has 7 heteroatoms. The summed E-state index contributed by atoms with van der Waals surface area (Å²) in [6.45, 7) is 0. The number of hydrogen-bond donors (Lipinski definition) is 3. The van der Waals surface area contributed by atoms with Crippen LogP contribution in [0.1, 0.15) is 29.5 Å². The van der Waals surface area contributed by atoms with E-state index in [2.05, 4.69) is 51.6 Å². The highest BCUT2D eigenvalue weighted by Gasteiger charge is 2.39. The molecule has 3 unspecified atom stereocenters. The summed E-state index contributed by atoms with van der Waals surface area (Å²) < 4.78 is 34.1. The minimum Gasteiger partial charge on any atom is -0.497 e. The second kappa shape index (κ2) is 7.95. The van der Waals surface area contributed by atoms with Crippen molar-refractivity contribution < 1.29 is 13.2 Å². The lowest BCUT2D eigenvalue weighted by Gasteiger charge is -2.37. The molecular weight excluding hydrogens is 446 g/mol. The Bertz CT molecular complexity index is 1510. The number of rotatable bonds is 5. The van der Waals surface area contributed by atoms with E-state index in [-0.39, 0.29) is 16.9 Å². The number of benzene rings is 3. The number of aromatic nitrogens is 1. The zero-order valence-electron chi connectivity index (χ0n) is 18.7. The summed E-state index contributed by atoms with van der Waals surface area (Å²) in [5.74, 6) is 1.15. The molecule has 1 aliphatic heterocycles. The Balaban J connectivity index is 1.34. The zero-order valence-corrected chi connectivity index (χ0v) is 19.5. The molecular formula is C27H25N3O3S. The molecule has 6 nitrogen and oxygen atoms in total. The highest BCUT2D eigenvalue weighted by Crippen LogP contribution is 2.51. The Morgan fingerprint density at radius 1 is 1.00 bits per heavy atom. The average Bonchev–Trinajstić information content (AvgIpc) is 3.51. The second-order valence-electron chi connectivity index (χ2n) is 8.85. The first kappa shape index (κ1) is 20.9. The summed E-state index contributed by atoms with van der Waals surface area (Å²) in [5, 5.41) is 4.93. The van der Waals surface area contributed by atoms with Crippen LogP contribution in [-0.2, 0) is 10.0 Å². The van der Waals surface area contributed by atoms with Gasteiger partial charge in [0.05, 0.1) is 18.0 Å². The number of H-pyrrole nitrogens is 1. The number of hydrogen-bond acceptors (Lipinski definition) is 4. The van der Waals surface area contributed by atoms with Crippen molar-refractivity contribution >= 4 is 32.3 Å². The molecule has 4 aromatic rings. The number of anilines is 2. The van der Waals surface area contributed by atoms with E-state index in [1.54, 1.807) is 37.4 Å². The lowest BCUT2D eigenvalue weighted by Crippen LogP contribution is -2.29. The molecule has 34 heavy (non-hydrogen) atoms. The molecule has 3 atom stereocenters. The first-order chi connectivity index (χ1) is 16.5. The van der Waals surface area contributed by atoms with Gasteiger partial charge in [0.1, 0.15) is 5.75 Å². The van der Waals surface area contributed by atoms with Crippen molar-refractivity contribution in [1.82, 2.24) is 4.98 Å². The van der Waals surface area contributed by atoms with E-state index in [1.807, 2.05) is 18.2 Å². The molecule has 1 aromatic heterocycles. The van der Waals surface area contributed by atoms with Gasteiger partial charge in [0.15, 0.2) is 0 Å². The minimum absolute atomic E-state index is 0.142. The summed E-state index contributed by atoms with van der Waals surface area (Å²) in [4.78, 5) is 3.65. The highest BCUT2D eigenvalue weighted by atomic mass is 32.2. The van der Waals surface area contributed by atoms with Gasteiger partial charge in [-0.2, -0.15) is 0 Å². The number of ether oxygens (including phenoxy) is 1. The maximum Gasteiger partial charge on any atom is 0.261 e. The minimum atomic E-state index is -3.73. The molecule has 0 saturated heterocycles. The number of fused-ring (bicyclic) bond motifs is 4. The maximum atomic E-state index is 13.1. The van der Waals surface area contributed by atoms with Crippen molar-refractivity contribution in [2.75, 3.05) is 17.1 Å². The van der Waals surface area contributed by atoms with Crippen LogP contribution in [-0.4, -0.2) is 20.5 Å². The van der Waals surface area contributed by atoms with Gasteiger partial charge in [-0.05, 0) is 72.0 Å². The molecule has 2 aliphatic rings. The summed E-state index contributed by atoms with van der Waals surface area (Å²) in [5.41, 5.74) is 4.87. The predicted molar refractivity (Wildman–Crippen MR) is 135 cm³/mol. The molecule has 0 amide bonds. The van der Waals surface area contributed by atoms with E-state index in [4.69, 9.17) is 4.74 Å². The quantitative estimate of drug-likeness (QED) is 0.321. The number of allylic oxidation sites excluding steroid dienone is 2. The van der Waals surface area contributed by atoms with Crippen LogP contribution in [0.25, 0.3) is 10.9 Å². The molecule has 172 valence electrons. The lowest BCUT2D eigenvalue weighted by atomic mass is 9.77. The number of para-hydroxylation sites is 1.